The number of carbonyl (C=O) groups is 1. The van der Waals surface area contributed by atoms with Crippen LogP contribution in [0.1, 0.15) is 57.7 Å². The summed E-state index contributed by atoms with van der Waals surface area (Å²) in [7, 11) is -2.25. The van der Waals surface area contributed by atoms with Gasteiger partial charge in [-0.2, -0.15) is 0 Å². The van der Waals surface area contributed by atoms with Crippen molar-refractivity contribution < 1.29 is 32.2 Å². The zero-order chi connectivity index (χ0) is 26.8. The maximum absolute atomic E-state index is 13.7. The minimum absolute atomic E-state index is 0. The van der Waals surface area contributed by atoms with Crippen LogP contribution in [-0.2, 0) is 24.3 Å². The van der Waals surface area contributed by atoms with Gasteiger partial charge in [0.1, 0.15) is 5.82 Å². The Kier molecular flexibility index (Phi) is 13.6. The monoisotopic (exact) mass is 601 g/mol. The molecule has 1 aliphatic rings. The quantitative estimate of drug-likeness (QED) is 0.457. The molecule has 9 nitrogen and oxygen atoms in total. The van der Waals surface area contributed by atoms with Crippen LogP contribution in [0.15, 0.2) is 30.3 Å². The van der Waals surface area contributed by atoms with Gasteiger partial charge in [-0.25, -0.2) is 27.1 Å². The van der Waals surface area contributed by atoms with Crippen molar-refractivity contribution in [3.8, 4) is 11.3 Å². The predicted molar refractivity (Wildman–Crippen MR) is 146 cm³/mol. The third-order valence-corrected chi connectivity index (χ3v) is 6.83. The smallest absolute Gasteiger partial charge is 0.481 e. The summed E-state index contributed by atoms with van der Waals surface area (Å²) in [6, 6.07) is 5.75. The van der Waals surface area contributed by atoms with E-state index >= 15 is 0 Å². The third kappa shape index (κ3) is 9.62. The van der Waals surface area contributed by atoms with E-state index < -0.39 is 39.8 Å². The van der Waals surface area contributed by atoms with Crippen molar-refractivity contribution in [3.63, 3.8) is 0 Å². The number of carboxylic acid groups (broad SMARTS) is 1. The van der Waals surface area contributed by atoms with E-state index in [4.69, 9.17) is 9.47 Å². The Hall–Kier alpha value is -0.371. The van der Waals surface area contributed by atoms with Crippen LogP contribution in [0.4, 0.5) is 10.3 Å². The van der Waals surface area contributed by atoms with Crippen LogP contribution >= 0.6 is 0 Å². The van der Waals surface area contributed by atoms with Gasteiger partial charge in [-0.05, 0) is 44.0 Å². The van der Waals surface area contributed by atoms with Gasteiger partial charge in [0.05, 0.1) is 36.3 Å². The van der Waals surface area contributed by atoms with E-state index in [-0.39, 0.29) is 93.8 Å². The first kappa shape index (κ1) is 35.7. The van der Waals surface area contributed by atoms with Crippen LogP contribution < -0.4 is 4.31 Å². The molecule has 13 heteroatoms. The minimum Gasteiger partial charge on any atom is -0.481 e. The SMILES string of the molecule is CC(C)c1nc(N(C)S(C)(=O)=O)nc(-c2ccc(F)cc2)c1/C=C/C1CC(CC(=O)O)OC(C)(C)O1.[Ca+2].[Ca+2]. The summed E-state index contributed by atoms with van der Waals surface area (Å²) < 4.78 is 50.8. The molecule has 38 heavy (non-hydrogen) atoms. The Labute approximate surface area is 283 Å². The summed E-state index contributed by atoms with van der Waals surface area (Å²) in [5.41, 5.74) is 2.24. The molecule has 1 aliphatic heterocycles. The number of carboxylic acids is 1. The zero-order valence-electron chi connectivity index (χ0n) is 22.6. The molecule has 1 aromatic carbocycles. The average Bonchev–Trinajstić information content (AvgIpc) is 2.75. The van der Waals surface area contributed by atoms with Crippen molar-refractivity contribution in [3.05, 3.63) is 47.4 Å². The zero-order valence-corrected chi connectivity index (χ0v) is 27.9. The number of anilines is 1. The van der Waals surface area contributed by atoms with Crippen LogP contribution in [0.2, 0.25) is 0 Å². The van der Waals surface area contributed by atoms with Crippen LogP contribution in [0.5, 0.6) is 0 Å². The fourth-order valence-corrected chi connectivity index (χ4v) is 4.36. The van der Waals surface area contributed by atoms with Crippen molar-refractivity contribution in [2.75, 3.05) is 17.6 Å². The van der Waals surface area contributed by atoms with Crippen molar-refractivity contribution >= 4 is 103 Å². The molecule has 2 aromatic rings. The Morgan fingerprint density at radius 3 is 2.34 bits per heavy atom. The topological polar surface area (TPSA) is 119 Å². The molecule has 196 valence electrons. The first-order valence-electron chi connectivity index (χ1n) is 11.5. The molecular weight excluding hydrogens is 570 g/mol. The second-order valence-corrected chi connectivity index (χ2v) is 11.6. The van der Waals surface area contributed by atoms with E-state index in [1.54, 1.807) is 38.1 Å². The van der Waals surface area contributed by atoms with E-state index in [0.29, 0.717) is 28.9 Å². The number of hydrogen-bond acceptors (Lipinski definition) is 7. The third-order valence-electron chi connectivity index (χ3n) is 5.67. The molecule has 2 atom stereocenters. The van der Waals surface area contributed by atoms with Gasteiger partial charge in [0.25, 0.3) is 0 Å². The van der Waals surface area contributed by atoms with E-state index in [1.165, 1.54) is 19.2 Å². The Morgan fingerprint density at radius 1 is 1.21 bits per heavy atom. The number of sulfonamides is 1. The summed E-state index contributed by atoms with van der Waals surface area (Å²) in [6.45, 7) is 7.30. The number of rotatable bonds is 8. The molecule has 1 saturated heterocycles. The molecule has 0 spiro atoms. The summed E-state index contributed by atoms with van der Waals surface area (Å²) >= 11 is 0. The van der Waals surface area contributed by atoms with Gasteiger partial charge < -0.3 is 14.6 Å². The fourth-order valence-electron chi connectivity index (χ4n) is 3.99. The number of aliphatic carboxylic acids is 1. The number of aromatic nitrogens is 2. The fraction of sp³-hybridized carbons (Fsp3) is 0.480. The van der Waals surface area contributed by atoms with Gasteiger partial charge in [0.15, 0.2) is 5.79 Å². The number of ether oxygens (including phenoxy) is 2. The Balaban J connectivity index is 0.00000361. The summed E-state index contributed by atoms with van der Waals surface area (Å²) in [5.74, 6) is -2.45. The molecule has 2 heterocycles. The van der Waals surface area contributed by atoms with Gasteiger partial charge in [-0.1, -0.05) is 26.0 Å². The summed E-state index contributed by atoms with van der Waals surface area (Å²) in [6.07, 6.45) is 3.88. The number of benzene rings is 1. The second kappa shape index (κ2) is 14.5. The van der Waals surface area contributed by atoms with E-state index in [1.807, 2.05) is 13.8 Å². The molecule has 0 bridgehead atoms. The van der Waals surface area contributed by atoms with Gasteiger partial charge in [0.2, 0.25) is 16.0 Å². The summed E-state index contributed by atoms with van der Waals surface area (Å²) in [4.78, 5) is 20.3. The van der Waals surface area contributed by atoms with Gasteiger partial charge in [-0.15, -0.1) is 0 Å². The van der Waals surface area contributed by atoms with Crippen molar-refractivity contribution in [1.29, 1.82) is 0 Å². The number of hydrogen-bond donors (Lipinski definition) is 1. The normalized spacial score (nSPS) is 19.1. The van der Waals surface area contributed by atoms with E-state index in [2.05, 4.69) is 9.97 Å². The van der Waals surface area contributed by atoms with E-state index in [9.17, 15) is 22.7 Å². The van der Waals surface area contributed by atoms with Gasteiger partial charge >= 0.3 is 81.4 Å². The molecule has 0 saturated carbocycles. The number of nitrogens with zero attached hydrogens (tertiary/aromatic N) is 3. The van der Waals surface area contributed by atoms with Gasteiger partial charge in [0, 0.05) is 24.6 Å². The molecule has 0 aliphatic carbocycles. The minimum atomic E-state index is -3.63. The Morgan fingerprint density at radius 2 is 1.82 bits per heavy atom. The summed E-state index contributed by atoms with van der Waals surface area (Å²) in [5, 5.41) is 9.21. The van der Waals surface area contributed by atoms with E-state index in [0.717, 1.165) is 10.6 Å². The van der Waals surface area contributed by atoms with Crippen LogP contribution in [0.25, 0.3) is 17.3 Å². The maximum atomic E-state index is 13.7. The standard InChI is InChI=1S/C25H32FN3O6S.2Ca/c1-15(2)22-20(12-11-18-13-19(14-21(30)31)35-25(3,4)34-18)23(16-7-9-17(26)10-8-16)28-24(27-22)29(5)36(6,32)33;;/h7-12,15,18-19H,13-14H2,1-6H3,(H,30,31);;/q;2*+2/b12-11+;;. The van der Waals surface area contributed by atoms with Crippen LogP contribution in [0, 0.1) is 5.82 Å². The largest absolute Gasteiger partial charge is 2.00 e. The molecule has 2 unspecified atom stereocenters. The second-order valence-electron chi connectivity index (χ2n) is 9.55. The van der Waals surface area contributed by atoms with Crippen LogP contribution in [-0.4, -0.2) is 136 Å². The first-order valence-corrected chi connectivity index (χ1v) is 13.4. The maximum Gasteiger partial charge on any atom is 2.00 e. The predicted octanol–water partition coefficient (Wildman–Crippen LogP) is 3.44. The average molecular weight is 602 g/mol. The molecule has 1 aromatic heterocycles. The Bertz CT molecular complexity index is 1260. The van der Waals surface area contributed by atoms with Crippen LogP contribution in [0.3, 0.4) is 0 Å². The molecule has 0 radical (unpaired) electrons. The first-order chi connectivity index (χ1) is 16.7. The van der Waals surface area contributed by atoms with Gasteiger partial charge in [-0.3, -0.25) is 4.79 Å². The molecule has 3 rings (SSSR count). The molecule has 0 amide bonds. The molecule has 1 fully saturated rings. The molecule has 1 N–H and O–H groups in total. The molecular formula is C25H32Ca2FN3O6S+4. The number of halogens is 1. The van der Waals surface area contributed by atoms with Crippen molar-refractivity contribution in [1.82, 2.24) is 9.97 Å². The van der Waals surface area contributed by atoms with Crippen molar-refractivity contribution in [2.45, 2.75) is 64.4 Å². The van der Waals surface area contributed by atoms with Crippen molar-refractivity contribution in [2.24, 2.45) is 0 Å².